The number of carbonyl (C=O) groups is 1. The van der Waals surface area contributed by atoms with Crippen LogP contribution < -0.4 is 5.73 Å². The summed E-state index contributed by atoms with van der Waals surface area (Å²) in [6.07, 6.45) is 0. The van der Waals surface area contributed by atoms with Gasteiger partial charge in [-0.1, -0.05) is 24.3 Å². The van der Waals surface area contributed by atoms with Crippen LogP contribution in [0.1, 0.15) is 11.1 Å². The van der Waals surface area contributed by atoms with E-state index in [9.17, 15) is 9.18 Å². The fraction of sp³-hybridized carbons (Fsp3) is 0.278. The number of benzene rings is 2. The van der Waals surface area contributed by atoms with E-state index in [1.807, 2.05) is 30.3 Å². The molecule has 1 amide bonds. The zero-order chi connectivity index (χ0) is 16.2. The van der Waals surface area contributed by atoms with Crippen molar-refractivity contribution in [2.45, 2.75) is 13.1 Å². The Balaban J connectivity index is 0.00000208. The zero-order valence-electron chi connectivity index (χ0n) is 13.3. The number of amides is 1. The maximum Gasteiger partial charge on any atom is 0.237 e. The van der Waals surface area contributed by atoms with Crippen LogP contribution in [0.3, 0.4) is 0 Å². The third-order valence-electron chi connectivity index (χ3n) is 4.02. The zero-order valence-corrected chi connectivity index (χ0v) is 14.1. The van der Waals surface area contributed by atoms with Gasteiger partial charge in [-0.05, 0) is 35.4 Å². The van der Waals surface area contributed by atoms with Gasteiger partial charge in [0.1, 0.15) is 5.82 Å². The number of halogens is 2. The van der Waals surface area contributed by atoms with Crippen molar-refractivity contribution in [3.05, 3.63) is 65.5 Å². The van der Waals surface area contributed by atoms with Gasteiger partial charge >= 0.3 is 0 Å². The fourth-order valence-electron chi connectivity index (χ4n) is 2.86. The molecule has 0 aromatic heterocycles. The first kappa shape index (κ1) is 18.2. The molecule has 0 aliphatic carbocycles. The quantitative estimate of drug-likeness (QED) is 0.863. The molecule has 0 saturated carbocycles. The van der Waals surface area contributed by atoms with Crippen LogP contribution in [-0.4, -0.2) is 35.3 Å². The molecule has 4 nitrogen and oxygen atoms in total. The molecule has 24 heavy (non-hydrogen) atoms. The monoisotopic (exact) mass is 349 g/mol. The van der Waals surface area contributed by atoms with Gasteiger partial charge in [0.15, 0.2) is 0 Å². The Morgan fingerprint density at radius 3 is 2.38 bits per heavy atom. The number of hydrogen-bond donors (Lipinski definition) is 1. The molecule has 1 aliphatic heterocycles. The van der Waals surface area contributed by atoms with Crippen molar-refractivity contribution in [3.8, 4) is 0 Å². The van der Waals surface area contributed by atoms with Gasteiger partial charge in [-0.2, -0.15) is 0 Å². The first-order valence-corrected chi connectivity index (χ1v) is 7.69. The lowest BCUT2D eigenvalue weighted by Crippen LogP contribution is -2.49. The molecular weight excluding hydrogens is 329 g/mol. The summed E-state index contributed by atoms with van der Waals surface area (Å²) in [6, 6.07) is 14.1. The van der Waals surface area contributed by atoms with Gasteiger partial charge in [0.2, 0.25) is 5.91 Å². The highest BCUT2D eigenvalue weighted by atomic mass is 35.5. The molecule has 1 fully saturated rings. The maximum atomic E-state index is 13.2. The van der Waals surface area contributed by atoms with E-state index in [-0.39, 0.29) is 24.1 Å². The Kier molecular flexibility index (Phi) is 6.17. The average Bonchev–Trinajstić information content (AvgIpc) is 2.50. The summed E-state index contributed by atoms with van der Waals surface area (Å²) < 4.78 is 13.2. The molecule has 2 N–H and O–H groups in total. The molecule has 1 aliphatic rings. The summed E-state index contributed by atoms with van der Waals surface area (Å²) in [7, 11) is 0. The Morgan fingerprint density at radius 2 is 1.71 bits per heavy atom. The maximum absolute atomic E-state index is 13.2. The van der Waals surface area contributed by atoms with Crippen molar-refractivity contribution >= 4 is 24.0 Å². The topological polar surface area (TPSA) is 49.6 Å². The van der Waals surface area contributed by atoms with E-state index in [1.165, 1.54) is 12.1 Å². The highest BCUT2D eigenvalue weighted by Crippen LogP contribution is 2.14. The molecule has 6 heteroatoms. The Bertz CT molecular complexity index is 710. The van der Waals surface area contributed by atoms with Gasteiger partial charge < -0.3 is 10.6 Å². The van der Waals surface area contributed by atoms with Gasteiger partial charge in [0.05, 0.1) is 6.54 Å². The van der Waals surface area contributed by atoms with Crippen molar-refractivity contribution < 1.29 is 9.18 Å². The van der Waals surface area contributed by atoms with Crippen molar-refractivity contribution in [3.63, 3.8) is 0 Å². The standard InChI is InChI=1S/C18H20FN3O.ClH/c19-16-5-1-3-14(9-16)12-22-8-7-21(13-18(22)23)11-15-4-2-6-17(20)10-15;/h1-6,9-10H,7-8,11-13,20H2;1H. The predicted molar refractivity (Wildman–Crippen MR) is 95.2 cm³/mol. The minimum Gasteiger partial charge on any atom is -0.399 e. The molecule has 1 heterocycles. The third-order valence-corrected chi connectivity index (χ3v) is 4.02. The SMILES string of the molecule is Cl.Nc1cccc(CN2CCN(Cc3cccc(F)c3)C(=O)C2)c1. The average molecular weight is 350 g/mol. The van der Waals surface area contributed by atoms with E-state index in [0.29, 0.717) is 26.2 Å². The molecule has 0 radical (unpaired) electrons. The van der Waals surface area contributed by atoms with E-state index in [0.717, 1.165) is 23.4 Å². The smallest absolute Gasteiger partial charge is 0.237 e. The highest BCUT2D eigenvalue weighted by molar-refractivity contribution is 5.85. The molecule has 1 saturated heterocycles. The number of anilines is 1. The summed E-state index contributed by atoms with van der Waals surface area (Å²) in [5.41, 5.74) is 8.45. The first-order valence-electron chi connectivity index (χ1n) is 7.69. The largest absolute Gasteiger partial charge is 0.399 e. The summed E-state index contributed by atoms with van der Waals surface area (Å²) in [5, 5.41) is 0. The van der Waals surface area contributed by atoms with Crippen LogP contribution in [-0.2, 0) is 17.9 Å². The van der Waals surface area contributed by atoms with E-state index >= 15 is 0 Å². The lowest BCUT2D eigenvalue weighted by atomic mass is 10.1. The van der Waals surface area contributed by atoms with Crippen molar-refractivity contribution in [2.24, 2.45) is 0 Å². The molecular formula is C18H21ClFN3O. The van der Waals surface area contributed by atoms with Crippen molar-refractivity contribution in [1.82, 2.24) is 9.80 Å². The molecule has 2 aromatic rings. The molecule has 128 valence electrons. The number of nitrogens with two attached hydrogens (primary N) is 1. The van der Waals surface area contributed by atoms with Gasteiger partial charge in [-0.15, -0.1) is 12.4 Å². The number of piperazine rings is 1. The first-order chi connectivity index (χ1) is 11.1. The van der Waals surface area contributed by atoms with Crippen LogP contribution in [0.5, 0.6) is 0 Å². The van der Waals surface area contributed by atoms with E-state index < -0.39 is 0 Å². The molecule has 2 aromatic carbocycles. The van der Waals surface area contributed by atoms with Crippen LogP contribution in [0.4, 0.5) is 10.1 Å². The molecule has 0 bridgehead atoms. The van der Waals surface area contributed by atoms with Crippen molar-refractivity contribution in [1.29, 1.82) is 0 Å². The molecule has 0 atom stereocenters. The number of hydrogen-bond acceptors (Lipinski definition) is 3. The summed E-state index contributed by atoms with van der Waals surface area (Å²) in [4.78, 5) is 16.2. The summed E-state index contributed by atoms with van der Waals surface area (Å²) >= 11 is 0. The van der Waals surface area contributed by atoms with Gasteiger partial charge in [0, 0.05) is 31.9 Å². The minimum absolute atomic E-state index is 0. The number of nitrogens with zero attached hydrogens (tertiary/aromatic N) is 2. The fourth-order valence-corrected chi connectivity index (χ4v) is 2.86. The lowest BCUT2D eigenvalue weighted by Gasteiger charge is -2.34. The second-order valence-electron chi connectivity index (χ2n) is 5.90. The number of carbonyl (C=O) groups excluding carboxylic acids is 1. The predicted octanol–water partition coefficient (Wildman–Crippen LogP) is 2.67. The molecule has 0 unspecified atom stereocenters. The highest BCUT2D eigenvalue weighted by Gasteiger charge is 2.24. The third kappa shape index (κ3) is 4.69. The minimum atomic E-state index is -0.268. The Labute approximate surface area is 147 Å². The van der Waals surface area contributed by atoms with Gasteiger partial charge in [0.25, 0.3) is 0 Å². The number of nitrogen functional groups attached to an aromatic ring is 1. The summed E-state index contributed by atoms with van der Waals surface area (Å²) in [5.74, 6) is -0.195. The lowest BCUT2D eigenvalue weighted by molar-refractivity contribution is -0.136. The van der Waals surface area contributed by atoms with E-state index in [1.54, 1.807) is 11.0 Å². The van der Waals surface area contributed by atoms with Crippen LogP contribution in [0.15, 0.2) is 48.5 Å². The van der Waals surface area contributed by atoms with Crippen LogP contribution in [0.25, 0.3) is 0 Å². The Morgan fingerprint density at radius 1 is 1.00 bits per heavy atom. The molecule has 0 spiro atoms. The van der Waals surface area contributed by atoms with Crippen LogP contribution in [0, 0.1) is 5.82 Å². The Hall–Kier alpha value is -2.11. The second-order valence-corrected chi connectivity index (χ2v) is 5.90. The number of rotatable bonds is 4. The van der Waals surface area contributed by atoms with E-state index in [4.69, 9.17) is 5.73 Å². The van der Waals surface area contributed by atoms with Crippen molar-refractivity contribution in [2.75, 3.05) is 25.4 Å². The van der Waals surface area contributed by atoms with E-state index in [2.05, 4.69) is 4.90 Å². The van der Waals surface area contributed by atoms with Gasteiger partial charge in [-0.3, -0.25) is 9.69 Å². The molecule has 3 rings (SSSR count). The van der Waals surface area contributed by atoms with Gasteiger partial charge in [-0.25, -0.2) is 4.39 Å². The normalized spacial score (nSPS) is 15.2. The van der Waals surface area contributed by atoms with Crippen LogP contribution in [0.2, 0.25) is 0 Å². The van der Waals surface area contributed by atoms with Crippen LogP contribution >= 0.6 is 12.4 Å². The summed E-state index contributed by atoms with van der Waals surface area (Å²) in [6.45, 7) is 3.00. The second kappa shape index (κ2) is 8.13.